The van der Waals surface area contributed by atoms with E-state index in [1.54, 1.807) is 16.3 Å². The van der Waals surface area contributed by atoms with E-state index in [4.69, 9.17) is 0 Å². The summed E-state index contributed by atoms with van der Waals surface area (Å²) >= 11 is 1.30. The van der Waals surface area contributed by atoms with Crippen LogP contribution in [0, 0.1) is 0 Å². The summed E-state index contributed by atoms with van der Waals surface area (Å²) in [6.45, 7) is 0. The zero-order chi connectivity index (χ0) is 21.1. The van der Waals surface area contributed by atoms with Crippen LogP contribution in [-0.4, -0.2) is 38.9 Å². The first-order valence-corrected chi connectivity index (χ1v) is 9.72. The SMILES string of the molecule is COC(=O)c1cccc(NC(=O)c2csc(-c3cnn(-c4ccccc4)c3)n2)c1O. The predicted octanol–water partition coefficient (Wildman–Crippen LogP) is 3.74. The Hall–Kier alpha value is -3.98. The summed E-state index contributed by atoms with van der Waals surface area (Å²) in [5.41, 5.74) is 1.93. The molecule has 2 aromatic carbocycles. The third-order valence-electron chi connectivity index (χ3n) is 4.28. The average molecular weight is 420 g/mol. The summed E-state index contributed by atoms with van der Waals surface area (Å²) in [4.78, 5) is 28.6. The second-order valence-corrected chi connectivity index (χ2v) is 7.05. The molecule has 2 heterocycles. The number of rotatable bonds is 5. The minimum atomic E-state index is -0.699. The molecule has 0 radical (unpaired) electrons. The number of phenolic OH excluding ortho intramolecular Hbond substituents is 1. The third kappa shape index (κ3) is 3.78. The molecule has 2 N–H and O–H groups in total. The molecule has 30 heavy (non-hydrogen) atoms. The maximum Gasteiger partial charge on any atom is 0.341 e. The van der Waals surface area contributed by atoms with Crippen molar-refractivity contribution >= 4 is 28.9 Å². The van der Waals surface area contributed by atoms with Crippen molar-refractivity contribution in [3.8, 4) is 22.0 Å². The van der Waals surface area contributed by atoms with Gasteiger partial charge < -0.3 is 15.2 Å². The van der Waals surface area contributed by atoms with Crippen LogP contribution in [0.2, 0.25) is 0 Å². The van der Waals surface area contributed by atoms with Gasteiger partial charge in [0.05, 0.1) is 24.7 Å². The van der Waals surface area contributed by atoms with E-state index in [1.165, 1.54) is 36.6 Å². The number of thiazole rings is 1. The number of aromatic hydroxyl groups is 1. The van der Waals surface area contributed by atoms with E-state index >= 15 is 0 Å². The number of anilines is 1. The number of carbonyl (C=O) groups excluding carboxylic acids is 2. The van der Waals surface area contributed by atoms with Gasteiger partial charge in [0.2, 0.25) is 0 Å². The molecular weight excluding hydrogens is 404 g/mol. The normalized spacial score (nSPS) is 10.6. The number of benzene rings is 2. The molecule has 0 aliphatic heterocycles. The van der Waals surface area contributed by atoms with Gasteiger partial charge in [0.15, 0.2) is 5.75 Å². The van der Waals surface area contributed by atoms with E-state index in [0.29, 0.717) is 5.01 Å². The van der Waals surface area contributed by atoms with Gasteiger partial charge in [-0.1, -0.05) is 24.3 Å². The van der Waals surface area contributed by atoms with Gasteiger partial charge in [-0.05, 0) is 24.3 Å². The van der Waals surface area contributed by atoms with Crippen molar-refractivity contribution in [2.24, 2.45) is 0 Å². The van der Waals surface area contributed by atoms with Crippen molar-refractivity contribution < 1.29 is 19.4 Å². The topological polar surface area (TPSA) is 106 Å². The van der Waals surface area contributed by atoms with Crippen molar-refractivity contribution in [1.29, 1.82) is 0 Å². The molecule has 9 heteroatoms. The Balaban J connectivity index is 1.53. The molecule has 8 nitrogen and oxygen atoms in total. The van der Waals surface area contributed by atoms with Crippen molar-refractivity contribution in [2.45, 2.75) is 0 Å². The maximum absolute atomic E-state index is 12.6. The third-order valence-corrected chi connectivity index (χ3v) is 5.17. The molecule has 0 fully saturated rings. The maximum atomic E-state index is 12.6. The van der Waals surface area contributed by atoms with Gasteiger partial charge in [-0.15, -0.1) is 11.3 Å². The first kappa shape index (κ1) is 19.3. The Labute approximate surface area is 175 Å². The average Bonchev–Trinajstić information content (AvgIpc) is 3.45. The molecule has 4 rings (SSSR count). The van der Waals surface area contributed by atoms with Crippen molar-refractivity contribution in [2.75, 3.05) is 12.4 Å². The first-order chi connectivity index (χ1) is 14.6. The lowest BCUT2D eigenvalue weighted by Gasteiger charge is -2.09. The molecule has 2 aromatic heterocycles. The first-order valence-electron chi connectivity index (χ1n) is 8.84. The Morgan fingerprint density at radius 1 is 1.13 bits per heavy atom. The summed E-state index contributed by atoms with van der Waals surface area (Å²) in [7, 11) is 1.21. The van der Waals surface area contributed by atoms with Gasteiger partial charge in [0.25, 0.3) is 5.91 Å². The van der Waals surface area contributed by atoms with Crippen LogP contribution in [0.1, 0.15) is 20.8 Å². The lowest BCUT2D eigenvalue weighted by molar-refractivity contribution is 0.0597. The van der Waals surface area contributed by atoms with Gasteiger partial charge in [0.1, 0.15) is 16.3 Å². The van der Waals surface area contributed by atoms with Gasteiger partial charge in [0, 0.05) is 17.1 Å². The van der Waals surface area contributed by atoms with Crippen molar-refractivity contribution in [1.82, 2.24) is 14.8 Å². The molecule has 4 aromatic rings. The second kappa shape index (κ2) is 8.18. The van der Waals surface area contributed by atoms with E-state index in [9.17, 15) is 14.7 Å². The molecule has 0 saturated heterocycles. The molecule has 150 valence electrons. The van der Waals surface area contributed by atoms with E-state index in [2.05, 4.69) is 20.1 Å². The minimum absolute atomic E-state index is 0.0393. The zero-order valence-electron chi connectivity index (χ0n) is 15.8. The number of amides is 1. The number of hydrogen-bond donors (Lipinski definition) is 2. The van der Waals surface area contributed by atoms with Crippen LogP contribution in [0.25, 0.3) is 16.3 Å². The predicted molar refractivity (Wildman–Crippen MR) is 112 cm³/mol. The Kier molecular flexibility index (Phi) is 5.27. The number of nitrogens with one attached hydrogen (secondary N) is 1. The molecule has 0 atom stereocenters. The number of ether oxygens (including phenoxy) is 1. The van der Waals surface area contributed by atoms with Crippen molar-refractivity contribution in [3.63, 3.8) is 0 Å². The number of hydrogen-bond acceptors (Lipinski definition) is 7. The number of para-hydroxylation sites is 2. The standard InChI is InChI=1S/C21H16N4O4S/c1-29-21(28)15-8-5-9-16(18(15)26)23-19(27)17-12-30-20(24-17)13-10-22-25(11-13)14-6-3-2-4-7-14/h2-12,26H,1H3,(H,23,27). The highest BCUT2D eigenvalue weighted by Gasteiger charge is 2.18. The van der Waals surface area contributed by atoms with Crippen LogP contribution >= 0.6 is 11.3 Å². The fourth-order valence-corrected chi connectivity index (χ4v) is 3.55. The Morgan fingerprint density at radius 3 is 2.70 bits per heavy atom. The lowest BCUT2D eigenvalue weighted by Crippen LogP contribution is -2.13. The molecule has 0 aliphatic rings. The van der Waals surface area contributed by atoms with E-state index in [1.807, 2.05) is 36.5 Å². The largest absolute Gasteiger partial charge is 0.505 e. The number of carbonyl (C=O) groups is 2. The molecule has 0 bridgehead atoms. The minimum Gasteiger partial charge on any atom is -0.505 e. The smallest absolute Gasteiger partial charge is 0.341 e. The van der Waals surface area contributed by atoms with E-state index in [-0.39, 0.29) is 22.7 Å². The van der Waals surface area contributed by atoms with Crippen molar-refractivity contribution in [3.05, 3.63) is 77.6 Å². The second-order valence-electron chi connectivity index (χ2n) is 6.19. The van der Waals surface area contributed by atoms with Gasteiger partial charge in [-0.25, -0.2) is 14.5 Å². The lowest BCUT2D eigenvalue weighted by atomic mass is 10.1. The van der Waals surface area contributed by atoms with E-state index < -0.39 is 11.9 Å². The highest BCUT2D eigenvalue weighted by molar-refractivity contribution is 7.13. The summed E-state index contributed by atoms with van der Waals surface area (Å²) in [6.07, 6.45) is 3.51. The molecule has 0 aliphatic carbocycles. The molecule has 0 unspecified atom stereocenters. The summed E-state index contributed by atoms with van der Waals surface area (Å²) < 4.78 is 6.35. The zero-order valence-corrected chi connectivity index (χ0v) is 16.6. The number of aromatic nitrogens is 3. The summed E-state index contributed by atoms with van der Waals surface area (Å²) in [6, 6.07) is 14.1. The highest BCUT2D eigenvalue weighted by Crippen LogP contribution is 2.29. The molecule has 0 spiro atoms. The van der Waals surface area contributed by atoms with Crippen LogP contribution in [0.5, 0.6) is 5.75 Å². The summed E-state index contributed by atoms with van der Waals surface area (Å²) in [5, 5.41) is 19.4. The van der Waals surface area contributed by atoms with Gasteiger partial charge >= 0.3 is 5.97 Å². The molecular formula is C21H16N4O4S. The van der Waals surface area contributed by atoms with Gasteiger partial charge in [-0.3, -0.25) is 4.79 Å². The highest BCUT2D eigenvalue weighted by atomic mass is 32.1. The van der Waals surface area contributed by atoms with Crippen LogP contribution in [0.3, 0.4) is 0 Å². The van der Waals surface area contributed by atoms with Crippen LogP contribution in [0.15, 0.2) is 66.3 Å². The number of phenols is 1. The van der Waals surface area contributed by atoms with Gasteiger partial charge in [-0.2, -0.15) is 5.10 Å². The molecule has 1 amide bonds. The van der Waals surface area contributed by atoms with E-state index in [0.717, 1.165) is 11.3 Å². The van der Waals surface area contributed by atoms with Crippen LogP contribution in [0.4, 0.5) is 5.69 Å². The number of nitrogens with zero attached hydrogens (tertiary/aromatic N) is 3. The molecule has 0 saturated carbocycles. The monoisotopic (exact) mass is 420 g/mol. The number of methoxy groups -OCH3 is 1. The number of esters is 1. The fraction of sp³-hybridized carbons (Fsp3) is 0.0476. The quantitative estimate of drug-likeness (QED) is 0.376. The fourth-order valence-electron chi connectivity index (χ4n) is 2.77. The van der Waals surface area contributed by atoms with Crippen LogP contribution < -0.4 is 5.32 Å². The van der Waals surface area contributed by atoms with Crippen LogP contribution in [-0.2, 0) is 4.74 Å². The summed E-state index contributed by atoms with van der Waals surface area (Å²) in [5.74, 6) is -1.57. The Morgan fingerprint density at radius 2 is 1.93 bits per heavy atom. The Bertz CT molecular complexity index is 1220.